The van der Waals surface area contributed by atoms with Crippen LogP contribution in [0.15, 0.2) is 41.3 Å². The number of pyridine rings is 1. The fourth-order valence-corrected chi connectivity index (χ4v) is 3.74. The minimum Gasteiger partial charge on any atom is -0.310 e. The van der Waals surface area contributed by atoms with E-state index in [0.29, 0.717) is 11.3 Å². The lowest BCUT2D eigenvalue weighted by Crippen LogP contribution is -2.10. The second kappa shape index (κ2) is 5.06. The van der Waals surface area contributed by atoms with Gasteiger partial charge in [0.25, 0.3) is 5.56 Å². The number of benzene rings is 1. The van der Waals surface area contributed by atoms with Gasteiger partial charge in [-0.25, -0.2) is 4.98 Å². The smallest absolute Gasteiger partial charge is 0.275 e. The van der Waals surface area contributed by atoms with Crippen molar-refractivity contribution < 1.29 is 0 Å². The van der Waals surface area contributed by atoms with Gasteiger partial charge in [-0.05, 0) is 56.5 Å². The molecule has 0 unspecified atom stereocenters. The normalized spacial score (nSPS) is 11.5. The van der Waals surface area contributed by atoms with E-state index < -0.39 is 0 Å². The first-order chi connectivity index (χ1) is 11.5. The molecular formula is C20H19N3O. The third-order valence-electron chi connectivity index (χ3n) is 4.53. The molecule has 0 spiro atoms. The SMILES string of the molecule is Cc1cc(C)c(-c2cccn3c2cc2nc(C)[nH]c(=O)c23)c(C)c1. The fourth-order valence-electron chi connectivity index (χ4n) is 3.74. The summed E-state index contributed by atoms with van der Waals surface area (Å²) in [5.41, 5.74) is 8.32. The van der Waals surface area contributed by atoms with Crippen molar-refractivity contribution in [1.29, 1.82) is 0 Å². The van der Waals surface area contributed by atoms with Gasteiger partial charge in [0.05, 0.1) is 11.0 Å². The molecule has 0 bridgehead atoms. The van der Waals surface area contributed by atoms with Crippen molar-refractivity contribution in [1.82, 2.24) is 14.4 Å². The number of fused-ring (bicyclic) bond motifs is 3. The first kappa shape index (κ1) is 14.7. The van der Waals surface area contributed by atoms with Crippen LogP contribution in [0.3, 0.4) is 0 Å². The molecule has 120 valence electrons. The highest BCUT2D eigenvalue weighted by Crippen LogP contribution is 2.33. The molecule has 24 heavy (non-hydrogen) atoms. The minimum absolute atomic E-state index is 0.105. The Balaban J connectivity index is 2.16. The summed E-state index contributed by atoms with van der Waals surface area (Å²) in [6.45, 7) is 8.19. The topological polar surface area (TPSA) is 50.2 Å². The number of aromatic nitrogens is 3. The summed E-state index contributed by atoms with van der Waals surface area (Å²) in [4.78, 5) is 19.7. The van der Waals surface area contributed by atoms with Gasteiger partial charge in [0.2, 0.25) is 0 Å². The van der Waals surface area contributed by atoms with Gasteiger partial charge >= 0.3 is 0 Å². The van der Waals surface area contributed by atoms with Crippen LogP contribution >= 0.6 is 0 Å². The molecule has 3 heterocycles. The highest BCUT2D eigenvalue weighted by molar-refractivity contribution is 5.93. The summed E-state index contributed by atoms with van der Waals surface area (Å²) >= 11 is 0. The zero-order chi connectivity index (χ0) is 17.0. The number of aryl methyl sites for hydroxylation is 4. The Morgan fingerprint density at radius 3 is 2.46 bits per heavy atom. The zero-order valence-electron chi connectivity index (χ0n) is 14.3. The Morgan fingerprint density at radius 1 is 1.04 bits per heavy atom. The van der Waals surface area contributed by atoms with Crippen molar-refractivity contribution >= 4 is 16.6 Å². The average Bonchev–Trinajstić information content (AvgIpc) is 2.85. The second-order valence-corrected chi connectivity index (χ2v) is 6.48. The van der Waals surface area contributed by atoms with E-state index in [-0.39, 0.29) is 5.56 Å². The Kier molecular flexibility index (Phi) is 3.10. The van der Waals surface area contributed by atoms with Gasteiger partial charge in [0, 0.05) is 11.8 Å². The Bertz CT molecular complexity index is 1140. The minimum atomic E-state index is -0.105. The summed E-state index contributed by atoms with van der Waals surface area (Å²) in [6.07, 6.45) is 1.92. The van der Waals surface area contributed by atoms with Crippen LogP contribution in [0.25, 0.3) is 27.7 Å². The number of hydrogen-bond donors (Lipinski definition) is 1. The van der Waals surface area contributed by atoms with Gasteiger partial charge in [0.15, 0.2) is 0 Å². The molecule has 1 aromatic carbocycles. The van der Waals surface area contributed by atoms with Gasteiger partial charge in [-0.15, -0.1) is 0 Å². The number of nitrogens with zero attached hydrogens (tertiary/aromatic N) is 2. The molecule has 0 aliphatic carbocycles. The maximum Gasteiger partial charge on any atom is 0.275 e. The molecule has 0 aliphatic rings. The van der Waals surface area contributed by atoms with Crippen molar-refractivity contribution in [2.24, 2.45) is 0 Å². The molecule has 0 amide bonds. The van der Waals surface area contributed by atoms with E-state index in [1.165, 1.54) is 22.3 Å². The molecule has 0 saturated heterocycles. The molecule has 4 aromatic rings. The van der Waals surface area contributed by atoms with Crippen LogP contribution in [0.5, 0.6) is 0 Å². The van der Waals surface area contributed by atoms with Gasteiger partial charge in [-0.3, -0.25) is 4.79 Å². The van der Waals surface area contributed by atoms with Crippen molar-refractivity contribution in [2.75, 3.05) is 0 Å². The van der Waals surface area contributed by atoms with Crippen molar-refractivity contribution in [3.05, 3.63) is 69.4 Å². The predicted octanol–water partition coefficient (Wildman–Crippen LogP) is 4.08. The van der Waals surface area contributed by atoms with E-state index in [1.807, 2.05) is 22.7 Å². The summed E-state index contributed by atoms with van der Waals surface area (Å²) in [5.74, 6) is 0.632. The van der Waals surface area contributed by atoms with Crippen LogP contribution in [-0.2, 0) is 0 Å². The molecule has 4 nitrogen and oxygen atoms in total. The van der Waals surface area contributed by atoms with E-state index in [9.17, 15) is 4.79 Å². The monoisotopic (exact) mass is 317 g/mol. The number of nitrogens with one attached hydrogen (secondary N) is 1. The van der Waals surface area contributed by atoms with Crippen LogP contribution in [0, 0.1) is 27.7 Å². The van der Waals surface area contributed by atoms with Gasteiger partial charge in [-0.1, -0.05) is 23.8 Å². The lowest BCUT2D eigenvalue weighted by molar-refractivity contribution is 1.05. The van der Waals surface area contributed by atoms with Crippen LogP contribution in [0.4, 0.5) is 0 Å². The predicted molar refractivity (Wildman–Crippen MR) is 97.7 cm³/mol. The largest absolute Gasteiger partial charge is 0.310 e. The second-order valence-electron chi connectivity index (χ2n) is 6.48. The molecule has 0 aliphatic heterocycles. The summed E-state index contributed by atoms with van der Waals surface area (Å²) in [6, 6.07) is 10.5. The number of rotatable bonds is 1. The van der Waals surface area contributed by atoms with Crippen molar-refractivity contribution in [2.45, 2.75) is 27.7 Å². The van der Waals surface area contributed by atoms with Crippen molar-refractivity contribution in [3.8, 4) is 11.1 Å². The Hall–Kier alpha value is -2.88. The number of hydrogen-bond acceptors (Lipinski definition) is 2. The van der Waals surface area contributed by atoms with E-state index in [2.05, 4.69) is 48.9 Å². The van der Waals surface area contributed by atoms with E-state index in [0.717, 1.165) is 16.6 Å². The zero-order valence-corrected chi connectivity index (χ0v) is 14.3. The molecule has 0 radical (unpaired) electrons. The highest BCUT2D eigenvalue weighted by atomic mass is 16.1. The third-order valence-corrected chi connectivity index (χ3v) is 4.53. The molecule has 3 aromatic heterocycles. The Morgan fingerprint density at radius 2 is 1.75 bits per heavy atom. The molecule has 0 fully saturated rings. The van der Waals surface area contributed by atoms with Gasteiger partial charge in [-0.2, -0.15) is 0 Å². The summed E-state index contributed by atoms with van der Waals surface area (Å²) < 4.78 is 1.94. The Labute approximate surface area is 139 Å². The standard InChI is InChI=1S/C20H19N3O/c1-11-8-12(2)18(13(3)9-11)15-6-5-7-23-17(15)10-16-19(23)20(24)22-14(4)21-16/h5-10H,1-4H3,(H,21,22,24). The molecule has 4 rings (SSSR count). The molecule has 1 N–H and O–H groups in total. The summed E-state index contributed by atoms with van der Waals surface area (Å²) in [5, 5.41) is 0. The molecular weight excluding hydrogens is 298 g/mol. The first-order valence-corrected chi connectivity index (χ1v) is 8.04. The number of H-pyrrole nitrogens is 1. The third kappa shape index (κ3) is 2.07. The maximum absolute atomic E-state index is 12.4. The highest BCUT2D eigenvalue weighted by Gasteiger charge is 2.15. The van der Waals surface area contributed by atoms with Gasteiger partial charge < -0.3 is 9.38 Å². The van der Waals surface area contributed by atoms with E-state index in [1.54, 1.807) is 6.92 Å². The average molecular weight is 317 g/mol. The first-order valence-electron chi connectivity index (χ1n) is 8.04. The van der Waals surface area contributed by atoms with Crippen molar-refractivity contribution in [3.63, 3.8) is 0 Å². The fraction of sp³-hybridized carbons (Fsp3) is 0.200. The van der Waals surface area contributed by atoms with E-state index in [4.69, 9.17) is 0 Å². The maximum atomic E-state index is 12.4. The summed E-state index contributed by atoms with van der Waals surface area (Å²) in [7, 11) is 0. The van der Waals surface area contributed by atoms with Crippen LogP contribution in [0.1, 0.15) is 22.5 Å². The quantitative estimate of drug-likeness (QED) is 0.575. The van der Waals surface area contributed by atoms with Crippen LogP contribution in [0.2, 0.25) is 0 Å². The van der Waals surface area contributed by atoms with Crippen LogP contribution in [-0.4, -0.2) is 14.4 Å². The lowest BCUT2D eigenvalue weighted by atomic mass is 9.94. The molecule has 4 heteroatoms. The van der Waals surface area contributed by atoms with Crippen LogP contribution < -0.4 is 5.56 Å². The van der Waals surface area contributed by atoms with E-state index >= 15 is 0 Å². The lowest BCUT2D eigenvalue weighted by Gasteiger charge is -2.13. The molecule has 0 saturated carbocycles. The molecule has 0 atom stereocenters. The van der Waals surface area contributed by atoms with Gasteiger partial charge in [0.1, 0.15) is 11.3 Å². The number of aromatic amines is 1.